The molecule has 0 spiro atoms. The molecule has 2 heterocycles. The van der Waals surface area contributed by atoms with E-state index in [2.05, 4.69) is 11.8 Å². The summed E-state index contributed by atoms with van der Waals surface area (Å²) < 4.78 is 11.4. The van der Waals surface area contributed by atoms with E-state index in [1.807, 2.05) is 19.1 Å². The van der Waals surface area contributed by atoms with Gasteiger partial charge in [-0.3, -0.25) is 9.69 Å². The predicted molar refractivity (Wildman–Crippen MR) is 87.0 cm³/mol. The summed E-state index contributed by atoms with van der Waals surface area (Å²) in [4.78, 5) is 13.7. The summed E-state index contributed by atoms with van der Waals surface area (Å²) in [5.74, 6) is 0.823. The Hall–Kier alpha value is -1.75. The molecule has 126 valence electrons. The number of aliphatic carboxylic acids is 1. The highest BCUT2D eigenvalue weighted by Crippen LogP contribution is 2.38. The molecule has 5 nitrogen and oxygen atoms in total. The van der Waals surface area contributed by atoms with Crippen molar-refractivity contribution in [2.24, 2.45) is 5.92 Å². The van der Waals surface area contributed by atoms with Crippen LogP contribution in [0.25, 0.3) is 0 Å². The van der Waals surface area contributed by atoms with Crippen molar-refractivity contribution in [3.8, 4) is 11.5 Å². The molecule has 5 heteroatoms. The Labute approximate surface area is 137 Å². The molecule has 2 aliphatic heterocycles. The molecule has 0 aromatic heterocycles. The molecule has 3 atom stereocenters. The first-order valence-corrected chi connectivity index (χ1v) is 8.33. The summed E-state index contributed by atoms with van der Waals surface area (Å²) in [5.41, 5.74) is 2.29. The van der Waals surface area contributed by atoms with Crippen LogP contribution in [-0.2, 0) is 17.8 Å². The van der Waals surface area contributed by atoms with Gasteiger partial charge in [0.2, 0.25) is 0 Å². The minimum absolute atomic E-state index is 0.0296. The maximum Gasteiger partial charge on any atom is 0.308 e. The van der Waals surface area contributed by atoms with E-state index in [1.54, 1.807) is 7.11 Å². The number of carbonyl (C=O) groups is 1. The molecule has 0 saturated carbocycles. The summed E-state index contributed by atoms with van der Waals surface area (Å²) in [7, 11) is 1.68. The van der Waals surface area contributed by atoms with Crippen LogP contribution in [0.1, 0.15) is 37.8 Å². The second-order valence-electron chi connectivity index (χ2n) is 6.71. The maximum absolute atomic E-state index is 11.4. The summed E-state index contributed by atoms with van der Waals surface area (Å²) in [6, 6.07) is 4.10. The normalized spacial score (nSPS) is 27.3. The van der Waals surface area contributed by atoms with Crippen LogP contribution in [0.3, 0.4) is 0 Å². The van der Waals surface area contributed by atoms with Crippen molar-refractivity contribution in [1.29, 1.82) is 0 Å². The van der Waals surface area contributed by atoms with Gasteiger partial charge in [0.05, 0.1) is 13.0 Å². The Morgan fingerprint density at radius 1 is 1.43 bits per heavy atom. The Kier molecular flexibility index (Phi) is 4.48. The lowest BCUT2D eigenvalue weighted by molar-refractivity contribution is -0.145. The van der Waals surface area contributed by atoms with Crippen molar-refractivity contribution in [3.05, 3.63) is 23.3 Å². The van der Waals surface area contributed by atoms with Crippen LogP contribution in [0.4, 0.5) is 0 Å². The van der Waals surface area contributed by atoms with Crippen LogP contribution >= 0.6 is 0 Å². The summed E-state index contributed by atoms with van der Waals surface area (Å²) in [6.07, 6.45) is 2.76. The zero-order chi connectivity index (χ0) is 16.6. The van der Waals surface area contributed by atoms with Crippen molar-refractivity contribution in [1.82, 2.24) is 4.90 Å². The van der Waals surface area contributed by atoms with E-state index in [4.69, 9.17) is 9.47 Å². The second kappa shape index (κ2) is 6.40. The number of carboxylic acid groups (broad SMARTS) is 1. The lowest BCUT2D eigenvalue weighted by Crippen LogP contribution is -2.45. The average molecular weight is 319 g/mol. The fourth-order valence-electron chi connectivity index (χ4n) is 3.80. The fourth-order valence-corrected chi connectivity index (χ4v) is 3.80. The summed E-state index contributed by atoms with van der Waals surface area (Å²) in [6.45, 7) is 5.71. The van der Waals surface area contributed by atoms with E-state index >= 15 is 0 Å². The quantitative estimate of drug-likeness (QED) is 0.924. The van der Waals surface area contributed by atoms with E-state index in [-0.39, 0.29) is 18.1 Å². The SMILES string of the molecule is COc1cc2c(c(CN3CCC[C@H](C(=O)O)[C@@H]3C)c1)OC(C)C2. The fraction of sp³-hybridized carbons (Fsp3) is 0.611. The van der Waals surface area contributed by atoms with E-state index < -0.39 is 5.97 Å². The molecule has 1 aromatic rings. The van der Waals surface area contributed by atoms with Gasteiger partial charge < -0.3 is 14.6 Å². The highest BCUT2D eigenvalue weighted by atomic mass is 16.5. The zero-order valence-electron chi connectivity index (χ0n) is 14.0. The largest absolute Gasteiger partial charge is 0.497 e. The molecule has 2 aliphatic rings. The third-order valence-electron chi connectivity index (χ3n) is 5.09. The lowest BCUT2D eigenvalue weighted by Gasteiger charge is -2.37. The molecule has 0 aliphatic carbocycles. The van der Waals surface area contributed by atoms with Crippen molar-refractivity contribution < 1.29 is 19.4 Å². The molecule has 1 N–H and O–H groups in total. The topological polar surface area (TPSA) is 59.0 Å². The van der Waals surface area contributed by atoms with E-state index in [0.29, 0.717) is 6.54 Å². The van der Waals surface area contributed by atoms with E-state index in [1.165, 1.54) is 5.56 Å². The van der Waals surface area contributed by atoms with Gasteiger partial charge in [-0.25, -0.2) is 0 Å². The van der Waals surface area contributed by atoms with Crippen molar-refractivity contribution in [2.75, 3.05) is 13.7 Å². The van der Waals surface area contributed by atoms with Crippen LogP contribution < -0.4 is 9.47 Å². The summed E-state index contributed by atoms with van der Waals surface area (Å²) >= 11 is 0. The third-order valence-corrected chi connectivity index (χ3v) is 5.09. The number of benzene rings is 1. The van der Waals surface area contributed by atoms with Gasteiger partial charge in [0.15, 0.2) is 0 Å². The van der Waals surface area contributed by atoms with Crippen LogP contribution in [0.5, 0.6) is 11.5 Å². The summed E-state index contributed by atoms with van der Waals surface area (Å²) in [5, 5.41) is 9.39. The number of ether oxygens (including phenoxy) is 2. The molecule has 0 radical (unpaired) electrons. The van der Waals surface area contributed by atoms with Crippen molar-refractivity contribution in [3.63, 3.8) is 0 Å². The Balaban J connectivity index is 1.85. The van der Waals surface area contributed by atoms with Crippen LogP contribution in [0.15, 0.2) is 12.1 Å². The molecule has 0 amide bonds. The van der Waals surface area contributed by atoms with Crippen molar-refractivity contribution >= 4 is 5.97 Å². The number of rotatable bonds is 4. The molecule has 1 unspecified atom stereocenters. The van der Waals surface area contributed by atoms with Gasteiger partial charge in [0.1, 0.15) is 17.6 Å². The monoisotopic (exact) mass is 319 g/mol. The van der Waals surface area contributed by atoms with Gasteiger partial charge in [0, 0.05) is 30.1 Å². The highest BCUT2D eigenvalue weighted by molar-refractivity contribution is 5.71. The number of hydrogen-bond donors (Lipinski definition) is 1. The van der Waals surface area contributed by atoms with Gasteiger partial charge >= 0.3 is 5.97 Å². The van der Waals surface area contributed by atoms with Crippen LogP contribution in [-0.4, -0.2) is 41.8 Å². The van der Waals surface area contributed by atoms with E-state index in [0.717, 1.165) is 42.9 Å². The Morgan fingerprint density at radius 2 is 2.22 bits per heavy atom. The number of piperidine rings is 1. The first-order chi connectivity index (χ1) is 11.0. The second-order valence-corrected chi connectivity index (χ2v) is 6.71. The van der Waals surface area contributed by atoms with Crippen LogP contribution in [0.2, 0.25) is 0 Å². The average Bonchev–Trinajstić information content (AvgIpc) is 2.89. The molecular formula is C18H25NO4. The minimum Gasteiger partial charge on any atom is -0.497 e. The Morgan fingerprint density at radius 3 is 2.91 bits per heavy atom. The Bertz CT molecular complexity index is 601. The van der Waals surface area contributed by atoms with Gasteiger partial charge in [-0.2, -0.15) is 0 Å². The molecule has 1 aromatic carbocycles. The predicted octanol–water partition coefficient (Wildman–Crippen LogP) is 2.70. The van der Waals surface area contributed by atoms with Gasteiger partial charge in [0.25, 0.3) is 0 Å². The van der Waals surface area contributed by atoms with Gasteiger partial charge in [-0.05, 0) is 45.4 Å². The molecule has 23 heavy (non-hydrogen) atoms. The van der Waals surface area contributed by atoms with Crippen molar-refractivity contribution in [2.45, 2.75) is 51.8 Å². The molecule has 1 saturated heterocycles. The van der Waals surface area contributed by atoms with Gasteiger partial charge in [-0.15, -0.1) is 0 Å². The number of likely N-dealkylation sites (tertiary alicyclic amines) is 1. The molecular weight excluding hydrogens is 294 g/mol. The van der Waals surface area contributed by atoms with Crippen LogP contribution in [0, 0.1) is 5.92 Å². The first kappa shape index (κ1) is 16.1. The van der Waals surface area contributed by atoms with E-state index in [9.17, 15) is 9.90 Å². The first-order valence-electron chi connectivity index (χ1n) is 8.33. The van der Waals surface area contributed by atoms with Gasteiger partial charge in [-0.1, -0.05) is 0 Å². The number of methoxy groups -OCH3 is 1. The minimum atomic E-state index is -0.692. The standard InChI is InChI=1S/C18H25NO4/c1-11-7-13-8-15(22-3)9-14(17(13)23-11)10-19-6-4-5-16(12(19)2)18(20)21/h8-9,11-12,16H,4-7,10H2,1-3H3,(H,20,21)/t11?,12-,16-/m0/s1. The lowest BCUT2D eigenvalue weighted by atomic mass is 9.90. The zero-order valence-corrected chi connectivity index (χ0v) is 14.0. The molecule has 3 rings (SSSR count). The number of hydrogen-bond acceptors (Lipinski definition) is 4. The molecule has 1 fully saturated rings. The third kappa shape index (κ3) is 3.15. The highest BCUT2D eigenvalue weighted by Gasteiger charge is 2.34. The maximum atomic E-state index is 11.4. The number of nitrogens with zero attached hydrogens (tertiary/aromatic N) is 1. The smallest absolute Gasteiger partial charge is 0.308 e. The number of carboxylic acids is 1. The molecule has 0 bridgehead atoms. The number of fused-ring (bicyclic) bond motifs is 1.